The third-order valence-electron chi connectivity index (χ3n) is 4.66. The fourth-order valence-corrected chi connectivity index (χ4v) is 3.36. The average Bonchev–Trinajstić information content (AvgIpc) is 2.92. The van der Waals surface area contributed by atoms with Crippen LogP contribution in [0, 0.1) is 0 Å². The molecular weight excluding hydrogens is 366 g/mol. The van der Waals surface area contributed by atoms with Gasteiger partial charge in [0.2, 0.25) is 0 Å². The zero-order valence-corrected chi connectivity index (χ0v) is 15.9. The zero-order chi connectivity index (χ0) is 20.3. The van der Waals surface area contributed by atoms with Crippen molar-refractivity contribution in [2.24, 2.45) is 0 Å². The van der Waals surface area contributed by atoms with Gasteiger partial charge in [-0.25, -0.2) is 4.79 Å². The van der Waals surface area contributed by atoms with E-state index in [0.717, 1.165) is 0 Å². The highest BCUT2D eigenvalue weighted by Crippen LogP contribution is 2.39. The Labute approximate surface area is 161 Å². The molecule has 28 heavy (non-hydrogen) atoms. The molecule has 0 aliphatic carbocycles. The number of benzene rings is 1. The van der Waals surface area contributed by atoms with Gasteiger partial charge in [0.25, 0.3) is 5.91 Å². The summed E-state index contributed by atoms with van der Waals surface area (Å²) in [5.41, 5.74) is -1.72. The zero-order valence-electron chi connectivity index (χ0n) is 15.9. The standard InChI is InChI=1S/C19H23N3O6/c1-19(25)15(27-3)13(11-26-2)28-17(19)22-10-9-14(21-18(22)24)20-16(23)12-7-5-4-6-8-12/h4-10,13,15,17,25H,11H2,1-3H3,(H,20,21,23,24)/t13-,15?,17-,19-/m1/s1. The largest absolute Gasteiger partial charge is 0.383 e. The Bertz CT molecular complexity index is 883. The van der Waals surface area contributed by atoms with Crippen LogP contribution in [0.5, 0.6) is 0 Å². The van der Waals surface area contributed by atoms with Crippen molar-refractivity contribution >= 4 is 11.7 Å². The quantitative estimate of drug-likeness (QED) is 0.752. The van der Waals surface area contributed by atoms with E-state index in [1.807, 2.05) is 0 Å². The van der Waals surface area contributed by atoms with E-state index >= 15 is 0 Å². The van der Waals surface area contributed by atoms with Gasteiger partial charge >= 0.3 is 5.69 Å². The minimum Gasteiger partial charge on any atom is -0.383 e. The first kappa shape index (κ1) is 20.2. The Morgan fingerprint density at radius 3 is 2.64 bits per heavy atom. The Morgan fingerprint density at radius 2 is 2.04 bits per heavy atom. The summed E-state index contributed by atoms with van der Waals surface area (Å²) in [5.74, 6) is -0.279. The molecule has 1 aliphatic rings. The molecule has 150 valence electrons. The summed E-state index contributed by atoms with van der Waals surface area (Å²) in [4.78, 5) is 28.6. The summed E-state index contributed by atoms with van der Waals surface area (Å²) >= 11 is 0. The predicted octanol–water partition coefficient (Wildman–Crippen LogP) is 0.805. The van der Waals surface area contributed by atoms with Crippen LogP contribution < -0.4 is 11.0 Å². The third kappa shape index (κ3) is 3.83. The third-order valence-corrected chi connectivity index (χ3v) is 4.66. The Kier molecular flexibility index (Phi) is 5.90. The lowest BCUT2D eigenvalue weighted by Gasteiger charge is -2.29. The number of carbonyl (C=O) groups is 1. The van der Waals surface area contributed by atoms with Crippen LogP contribution in [0.1, 0.15) is 23.5 Å². The van der Waals surface area contributed by atoms with E-state index in [9.17, 15) is 14.7 Å². The molecule has 3 rings (SSSR count). The Balaban J connectivity index is 1.82. The smallest absolute Gasteiger partial charge is 0.351 e. The van der Waals surface area contributed by atoms with Crippen molar-refractivity contribution in [1.29, 1.82) is 0 Å². The van der Waals surface area contributed by atoms with Gasteiger partial charge in [0, 0.05) is 26.0 Å². The van der Waals surface area contributed by atoms with Crippen molar-refractivity contribution < 1.29 is 24.1 Å². The molecule has 2 N–H and O–H groups in total. The first-order valence-corrected chi connectivity index (χ1v) is 8.73. The van der Waals surface area contributed by atoms with Gasteiger partial charge < -0.3 is 24.6 Å². The van der Waals surface area contributed by atoms with Crippen molar-refractivity contribution in [3.05, 3.63) is 58.6 Å². The fourth-order valence-electron chi connectivity index (χ4n) is 3.36. The molecule has 2 aromatic rings. The maximum Gasteiger partial charge on any atom is 0.351 e. The van der Waals surface area contributed by atoms with Crippen LogP contribution in [-0.2, 0) is 14.2 Å². The first-order chi connectivity index (χ1) is 13.4. The summed E-state index contributed by atoms with van der Waals surface area (Å²) in [5, 5.41) is 13.5. The van der Waals surface area contributed by atoms with Gasteiger partial charge in [0.05, 0.1) is 6.61 Å². The molecule has 2 heterocycles. The number of carbonyl (C=O) groups excluding carboxylic acids is 1. The van der Waals surface area contributed by atoms with Gasteiger partial charge in [-0.05, 0) is 25.1 Å². The molecule has 0 bridgehead atoms. The van der Waals surface area contributed by atoms with E-state index in [-0.39, 0.29) is 18.3 Å². The second-order valence-corrected chi connectivity index (χ2v) is 6.69. The molecule has 1 fully saturated rings. The highest BCUT2D eigenvalue weighted by molar-refractivity contribution is 6.03. The average molecular weight is 389 g/mol. The molecule has 0 saturated carbocycles. The van der Waals surface area contributed by atoms with Gasteiger partial charge in [-0.2, -0.15) is 4.98 Å². The number of nitrogens with zero attached hydrogens (tertiary/aromatic N) is 2. The lowest BCUT2D eigenvalue weighted by molar-refractivity contribution is -0.104. The number of aromatic nitrogens is 2. The highest BCUT2D eigenvalue weighted by Gasteiger charge is 2.54. The van der Waals surface area contributed by atoms with Gasteiger partial charge in [-0.15, -0.1) is 0 Å². The number of rotatable bonds is 6. The van der Waals surface area contributed by atoms with Crippen molar-refractivity contribution in [3.63, 3.8) is 0 Å². The van der Waals surface area contributed by atoms with E-state index in [2.05, 4.69) is 10.3 Å². The van der Waals surface area contributed by atoms with Crippen molar-refractivity contribution in [2.75, 3.05) is 26.1 Å². The van der Waals surface area contributed by atoms with Gasteiger partial charge in [-0.3, -0.25) is 9.36 Å². The number of aliphatic hydroxyl groups is 1. The van der Waals surface area contributed by atoms with E-state index in [4.69, 9.17) is 14.2 Å². The number of hydrogen-bond donors (Lipinski definition) is 2. The maximum atomic E-state index is 12.5. The first-order valence-electron chi connectivity index (χ1n) is 8.73. The van der Waals surface area contributed by atoms with Crippen molar-refractivity contribution in [3.8, 4) is 0 Å². The minimum absolute atomic E-state index is 0.101. The van der Waals surface area contributed by atoms with Gasteiger partial charge in [-0.1, -0.05) is 18.2 Å². The van der Waals surface area contributed by atoms with Crippen LogP contribution in [0.15, 0.2) is 47.4 Å². The number of anilines is 1. The molecule has 1 saturated heterocycles. The maximum absolute atomic E-state index is 12.5. The number of nitrogens with one attached hydrogen (secondary N) is 1. The molecular formula is C19H23N3O6. The molecule has 1 unspecified atom stereocenters. The molecule has 1 aromatic heterocycles. The van der Waals surface area contributed by atoms with E-state index in [1.165, 1.54) is 38.0 Å². The minimum atomic E-state index is -1.49. The van der Waals surface area contributed by atoms with Gasteiger partial charge in [0.15, 0.2) is 6.23 Å². The van der Waals surface area contributed by atoms with Crippen LogP contribution in [0.2, 0.25) is 0 Å². The summed E-state index contributed by atoms with van der Waals surface area (Å²) in [6, 6.07) is 10.0. The number of methoxy groups -OCH3 is 2. The van der Waals surface area contributed by atoms with Crippen LogP contribution in [0.3, 0.4) is 0 Å². The van der Waals surface area contributed by atoms with Crippen LogP contribution >= 0.6 is 0 Å². The van der Waals surface area contributed by atoms with Gasteiger partial charge in [0.1, 0.15) is 23.6 Å². The second kappa shape index (κ2) is 8.19. The molecule has 1 aromatic carbocycles. The Hall–Kier alpha value is -2.59. The number of ether oxygens (including phenoxy) is 3. The lowest BCUT2D eigenvalue weighted by Crippen LogP contribution is -2.47. The Morgan fingerprint density at radius 1 is 1.32 bits per heavy atom. The summed E-state index contributed by atoms with van der Waals surface area (Å²) in [6.07, 6.45) is -0.852. The normalized spacial score (nSPS) is 26.9. The molecule has 4 atom stereocenters. The lowest BCUT2D eigenvalue weighted by atomic mass is 9.96. The summed E-state index contributed by atoms with van der Waals surface area (Å²) in [7, 11) is 2.97. The molecule has 0 spiro atoms. The summed E-state index contributed by atoms with van der Waals surface area (Å²) < 4.78 is 17.4. The van der Waals surface area contributed by atoms with E-state index < -0.39 is 29.7 Å². The van der Waals surface area contributed by atoms with Crippen LogP contribution in [-0.4, -0.2) is 59.2 Å². The molecule has 9 heteroatoms. The van der Waals surface area contributed by atoms with E-state index in [0.29, 0.717) is 5.56 Å². The number of hydrogen-bond acceptors (Lipinski definition) is 7. The second-order valence-electron chi connectivity index (χ2n) is 6.69. The van der Waals surface area contributed by atoms with E-state index in [1.54, 1.807) is 30.3 Å². The highest BCUT2D eigenvalue weighted by atomic mass is 16.6. The monoisotopic (exact) mass is 389 g/mol. The van der Waals surface area contributed by atoms with Crippen molar-refractivity contribution in [2.45, 2.75) is 31.0 Å². The SMILES string of the molecule is COC[C@H]1O[C@@H](n2ccc(NC(=O)c3ccccc3)nc2=O)[C@](C)(O)C1OC. The van der Waals surface area contributed by atoms with Crippen LogP contribution in [0.25, 0.3) is 0 Å². The molecule has 1 amide bonds. The number of amides is 1. The molecule has 0 radical (unpaired) electrons. The summed E-state index contributed by atoms with van der Waals surface area (Å²) in [6.45, 7) is 1.72. The van der Waals surface area contributed by atoms with Crippen LogP contribution in [0.4, 0.5) is 5.82 Å². The molecule has 9 nitrogen and oxygen atoms in total. The topological polar surface area (TPSA) is 112 Å². The fraction of sp³-hybridized carbons (Fsp3) is 0.421. The molecule has 1 aliphatic heterocycles. The van der Waals surface area contributed by atoms with Crippen molar-refractivity contribution in [1.82, 2.24) is 9.55 Å². The predicted molar refractivity (Wildman–Crippen MR) is 100 cm³/mol.